The lowest BCUT2D eigenvalue weighted by Crippen LogP contribution is -2.44. The van der Waals surface area contributed by atoms with Gasteiger partial charge in [0.15, 0.2) is 0 Å². The number of phosphoric acid groups is 3. The van der Waals surface area contributed by atoms with Gasteiger partial charge >= 0.3 is 40.5 Å². The van der Waals surface area contributed by atoms with E-state index in [1.807, 2.05) is 107 Å². The monoisotopic (exact) mass is 1780 g/mol. The highest BCUT2D eigenvalue weighted by atomic mass is 127. The first-order valence-corrected chi connectivity index (χ1v) is 47.6. The molecule has 3 aliphatic heterocycles. The molecule has 0 amide bonds. The van der Waals surface area contributed by atoms with E-state index in [1.54, 1.807) is 22.6 Å². The van der Waals surface area contributed by atoms with Crippen LogP contribution in [0.2, 0.25) is 33.2 Å². The maximum atomic E-state index is 12.7. The third-order valence-corrected chi connectivity index (χ3v) is 36.9. The number of ether oxygens (including phenoxy) is 3. The van der Waals surface area contributed by atoms with E-state index >= 15 is 0 Å². The first-order valence-electron chi connectivity index (χ1n) is 35.8. The fourth-order valence-electron chi connectivity index (χ4n) is 12.5. The molecule has 0 saturated carbocycles. The minimum absolute atomic E-state index is 0.0299. The van der Waals surface area contributed by atoms with Crippen LogP contribution in [0.5, 0.6) is 0 Å². The largest absolute Gasteiger partial charge is 0.490 e. The second kappa shape index (κ2) is 42.0. The molecule has 6 heterocycles. The molecule has 33 nitrogen and oxygen atoms in total. The first kappa shape index (κ1) is 94.6. The van der Waals surface area contributed by atoms with Crippen LogP contribution in [-0.4, -0.2) is 155 Å². The van der Waals surface area contributed by atoms with Crippen molar-refractivity contribution in [2.45, 2.75) is 211 Å². The number of aliphatic hydroxyl groups excluding tert-OH is 5. The molecule has 6 aromatic rings. The SMILES string of the molecule is C#C[Si](OCc1ccccc1)(C(C)C)C(C)C.CC(C)[Si](C#Cc1cn([C@H]2C[C@@H](O)[C@@H](CO)O2)c(=O)[nH]c1=O)(OCc1ccccc1)C(C)C.CC(C)[Si](C#Cc1cn([C@H]2C[C@@H](O)[C@@H](COP(=O)(O)OP(=O)(O)OP(=O)(O)O)O2)c(=O)[nH]c1=O)(OCc1ccccc1)C(C)C.O=c1[nH]c(=O)n([C@H]2C[C@@H](O)[C@@H](CO)O2)cc1I. The lowest BCUT2D eigenvalue weighted by Gasteiger charge is -2.33. The van der Waals surface area contributed by atoms with Crippen LogP contribution in [0.1, 0.15) is 149 Å². The van der Waals surface area contributed by atoms with Crippen molar-refractivity contribution in [2.75, 3.05) is 19.8 Å². The van der Waals surface area contributed by atoms with E-state index in [2.05, 4.69) is 124 Å². The minimum Gasteiger partial charge on any atom is -0.400 e. The van der Waals surface area contributed by atoms with E-state index in [4.69, 9.17) is 48.8 Å². The lowest BCUT2D eigenvalue weighted by molar-refractivity contribution is -0.0459. The molecule has 2 unspecified atom stereocenters. The standard InChI is InChI=1S/C24H35N2O15P3Si.C24H32N2O6Si.C15H22OSi.C9H11IN2O5/c1-16(2)45(17(3)4,38-14-18-8-6-5-7-9-18)11-10-19-13-26(24(29)25-23(19)28)22-12-20(27)21(39-22)15-37-43(33,34)41-44(35,36)40-42(30,31)32;1-16(2)33(17(3)4,31-15-18-8-6-5-7-9-18)11-10-19-13-26(24(30)25-23(19)29)22-12-20(28)21(14-27)32-22;1-6-17(13(2)3,14(4)5)16-12-15-10-8-7-9-11-15;10-4-2-12(9(16)11-8(4)15)7-1-5(14)6(3-13)17-7/h5-9,13,16-17,20-22,27H,12,14-15H2,1-4H3,(H,33,34)(H,35,36)(H,25,28,29)(H2,30,31,32);5-9,13,16-17,20-22,27-28H,12,14-15H2,1-4H3,(H,25,29,30);1,7-11,13-14H,12H2,2-5H3;2,5-7,13-14H,1,3H2,(H,11,15,16)/t2*20-,21-,22-;;5-,6-,7-/m11.1/s1. The van der Waals surface area contributed by atoms with Gasteiger partial charge in [-0.15, -0.1) is 12.0 Å². The van der Waals surface area contributed by atoms with E-state index in [-0.39, 0.29) is 65.8 Å². The number of rotatable bonds is 27. The highest BCUT2D eigenvalue weighted by Crippen LogP contribution is 2.66. The summed E-state index contributed by atoms with van der Waals surface area (Å²) < 4.78 is 85.5. The van der Waals surface area contributed by atoms with Crippen molar-refractivity contribution in [3.63, 3.8) is 0 Å². The van der Waals surface area contributed by atoms with Crippen LogP contribution in [0.25, 0.3) is 0 Å². The number of benzene rings is 3. The summed E-state index contributed by atoms with van der Waals surface area (Å²) >= 11 is 1.80. The quantitative estimate of drug-likeness (QED) is 0.0104. The van der Waals surface area contributed by atoms with Gasteiger partial charge in [0.1, 0.15) is 48.1 Å². The third-order valence-electron chi connectivity index (χ3n) is 18.7. The van der Waals surface area contributed by atoms with Gasteiger partial charge in [-0.25, -0.2) is 28.1 Å². The Morgan fingerprint density at radius 3 is 1.11 bits per heavy atom. The van der Waals surface area contributed by atoms with E-state index in [0.29, 0.717) is 34.5 Å². The zero-order chi connectivity index (χ0) is 83.4. The van der Waals surface area contributed by atoms with Gasteiger partial charge in [-0.3, -0.25) is 47.6 Å². The highest BCUT2D eigenvalue weighted by molar-refractivity contribution is 14.1. The molecule has 3 aromatic heterocycles. The number of aromatic amines is 3. The minimum atomic E-state index is -5.74. The topological polar surface area (TPSA) is 481 Å². The molecule has 12 N–H and O–H groups in total. The molecule has 40 heteroatoms. The number of nitrogens with one attached hydrogen (secondary N) is 3. The van der Waals surface area contributed by atoms with Crippen molar-refractivity contribution in [1.29, 1.82) is 0 Å². The summed E-state index contributed by atoms with van der Waals surface area (Å²) in [5, 5.41) is 48.3. The van der Waals surface area contributed by atoms with E-state index in [1.165, 1.54) is 27.1 Å². The van der Waals surface area contributed by atoms with Crippen LogP contribution >= 0.6 is 46.1 Å². The van der Waals surface area contributed by atoms with Crippen LogP contribution in [-0.2, 0) is 74.1 Å². The molecule has 112 heavy (non-hydrogen) atoms. The Balaban J connectivity index is 0.000000253. The number of hydrogen-bond donors (Lipinski definition) is 12. The normalized spacial score (nSPS) is 21.0. The number of hydrogen-bond acceptors (Lipinski definition) is 23. The molecule has 3 saturated heterocycles. The Bertz CT molecular complexity index is 4780. The van der Waals surface area contributed by atoms with Crippen molar-refractivity contribution in [3.05, 3.63) is 203 Å². The predicted molar refractivity (Wildman–Crippen MR) is 428 cm³/mol. The van der Waals surface area contributed by atoms with Gasteiger partial charge in [-0.1, -0.05) is 197 Å². The van der Waals surface area contributed by atoms with Crippen molar-refractivity contribution in [3.8, 4) is 34.9 Å². The Hall–Kier alpha value is -6.27. The summed E-state index contributed by atoms with van der Waals surface area (Å²) in [5.41, 5.74) is 10.1. The van der Waals surface area contributed by atoms with Crippen molar-refractivity contribution in [2.24, 2.45) is 0 Å². The summed E-state index contributed by atoms with van der Waals surface area (Å²) in [5.74, 6) is 5.88. The van der Waals surface area contributed by atoms with Gasteiger partial charge in [0, 0.05) is 37.9 Å². The molecule has 0 aliphatic carbocycles. The van der Waals surface area contributed by atoms with Gasteiger partial charge in [0.05, 0.1) is 61.5 Å². The third kappa shape index (κ3) is 26.1. The van der Waals surface area contributed by atoms with E-state index in [9.17, 15) is 72.7 Å². The molecule has 0 radical (unpaired) electrons. The summed E-state index contributed by atoms with van der Waals surface area (Å²) in [4.78, 5) is 116. The molecular formula is C72H100IN6O27P3Si3. The lowest BCUT2D eigenvalue weighted by atomic mass is 10.2. The van der Waals surface area contributed by atoms with E-state index in [0.717, 1.165) is 21.9 Å². The number of aliphatic hydroxyl groups is 5. The number of aromatic nitrogens is 6. The van der Waals surface area contributed by atoms with Crippen LogP contribution in [0.4, 0.5) is 0 Å². The number of halogens is 1. The maximum absolute atomic E-state index is 12.7. The zero-order valence-electron chi connectivity index (χ0n) is 63.9. The van der Waals surface area contributed by atoms with Gasteiger partial charge in [-0.05, 0) is 72.5 Å². The van der Waals surface area contributed by atoms with Crippen LogP contribution in [0, 0.1) is 38.5 Å². The van der Waals surface area contributed by atoms with Gasteiger partial charge in [-0.2, -0.15) is 8.62 Å². The summed E-state index contributed by atoms with van der Waals surface area (Å²) in [6, 6.07) is 29.7. The second-order valence-corrected chi connectivity index (χ2v) is 47.3. The molecule has 9 rings (SSSR count). The Kier molecular flexibility index (Phi) is 35.5. The Morgan fingerprint density at radius 2 is 0.795 bits per heavy atom. The van der Waals surface area contributed by atoms with Gasteiger partial charge < -0.3 is 72.6 Å². The highest BCUT2D eigenvalue weighted by Gasteiger charge is 2.46. The second-order valence-electron chi connectivity index (χ2n) is 28.4. The molecule has 3 aliphatic rings. The molecular weight excluding hydrogens is 1680 g/mol. The van der Waals surface area contributed by atoms with Crippen molar-refractivity contribution >= 4 is 71.0 Å². The Labute approximate surface area is 664 Å². The molecule has 0 bridgehead atoms. The average molecular weight is 1790 g/mol. The number of H-pyrrole nitrogens is 3. The first-order chi connectivity index (χ1) is 52.5. The Morgan fingerprint density at radius 1 is 0.482 bits per heavy atom. The van der Waals surface area contributed by atoms with Crippen molar-refractivity contribution < 1.29 is 99.4 Å². The predicted octanol–water partition coefficient (Wildman–Crippen LogP) is 7.37. The molecule has 3 aromatic carbocycles. The fraction of sp³-hybridized carbons (Fsp3) is 0.500. The molecule has 3 fully saturated rings. The van der Waals surface area contributed by atoms with Crippen LogP contribution in [0.3, 0.4) is 0 Å². The zero-order valence-corrected chi connectivity index (χ0v) is 71.8. The molecule has 0 spiro atoms. The van der Waals surface area contributed by atoms with Gasteiger partial charge in [0.25, 0.3) is 41.6 Å². The number of terminal acetylenes is 1. The summed E-state index contributed by atoms with van der Waals surface area (Å²) in [6.07, 6.45) is 1.08. The fourth-order valence-corrected chi connectivity index (χ4v) is 25.9. The summed E-state index contributed by atoms with van der Waals surface area (Å²) in [7, 11) is -24.3. The number of nitrogens with zero attached hydrogens (tertiary/aromatic N) is 3. The summed E-state index contributed by atoms with van der Waals surface area (Å²) in [6.45, 7) is 24.8. The van der Waals surface area contributed by atoms with E-state index < -0.39 is 144 Å². The molecule has 614 valence electrons. The van der Waals surface area contributed by atoms with Gasteiger partial charge in [0.2, 0.25) is 0 Å². The number of phosphoric ester groups is 1. The van der Waals surface area contributed by atoms with Crippen LogP contribution < -0.4 is 33.7 Å². The van der Waals surface area contributed by atoms with Crippen molar-refractivity contribution in [1.82, 2.24) is 28.7 Å². The average Bonchev–Trinajstić information content (AvgIpc) is 0.808. The smallest absolute Gasteiger partial charge is 0.400 e. The maximum Gasteiger partial charge on any atom is 0.490 e. The van der Waals surface area contributed by atoms with Crippen LogP contribution in [0.15, 0.2) is 138 Å². The molecule has 11 atom stereocenters.